The van der Waals surface area contributed by atoms with E-state index in [4.69, 9.17) is 5.11 Å². The number of hydrogen-bond donors (Lipinski definition) is 1. The van der Waals surface area contributed by atoms with Crippen molar-refractivity contribution in [2.75, 3.05) is 39.5 Å². The Morgan fingerprint density at radius 1 is 1.38 bits per heavy atom. The molecule has 1 unspecified atom stereocenters. The minimum atomic E-state index is -0.831. The molecule has 2 heterocycles. The quantitative estimate of drug-likeness (QED) is 0.755. The molecule has 1 fully saturated rings. The number of thioether (sulfide) groups is 1. The van der Waals surface area contributed by atoms with Gasteiger partial charge in [-0.2, -0.15) is 0 Å². The maximum absolute atomic E-state index is 10.8. The fraction of sp³-hybridized carbons (Fsp3) is 0.769. The second-order valence-electron chi connectivity index (χ2n) is 5.44. The fourth-order valence-corrected chi connectivity index (χ4v) is 3.19. The predicted octanol–water partition coefficient (Wildman–Crippen LogP) is 0.263. The van der Waals surface area contributed by atoms with Gasteiger partial charge in [0, 0.05) is 38.6 Å². The number of aryl methyl sites for hydroxylation is 1. The van der Waals surface area contributed by atoms with E-state index in [1.54, 1.807) is 0 Å². The Labute approximate surface area is 129 Å². The summed E-state index contributed by atoms with van der Waals surface area (Å²) in [4.78, 5) is 15.4. The van der Waals surface area contributed by atoms with E-state index in [1.165, 1.54) is 11.8 Å². The van der Waals surface area contributed by atoms with Gasteiger partial charge < -0.3 is 14.6 Å². The first kappa shape index (κ1) is 16.3. The molecule has 0 spiro atoms. The van der Waals surface area contributed by atoms with Crippen LogP contribution in [0.1, 0.15) is 12.7 Å². The molecular weight excluding hydrogens is 290 g/mol. The van der Waals surface area contributed by atoms with E-state index in [1.807, 2.05) is 6.92 Å². The van der Waals surface area contributed by atoms with E-state index < -0.39 is 5.97 Å². The minimum Gasteiger partial charge on any atom is -0.481 e. The van der Waals surface area contributed by atoms with Crippen LogP contribution in [0.2, 0.25) is 0 Å². The molecule has 1 saturated heterocycles. The van der Waals surface area contributed by atoms with Gasteiger partial charge in [-0.05, 0) is 14.1 Å². The van der Waals surface area contributed by atoms with Gasteiger partial charge in [0.25, 0.3) is 0 Å². The van der Waals surface area contributed by atoms with Crippen LogP contribution in [0.15, 0.2) is 5.16 Å². The van der Waals surface area contributed by atoms with Gasteiger partial charge >= 0.3 is 5.97 Å². The van der Waals surface area contributed by atoms with Crippen LogP contribution in [-0.2, 0) is 17.8 Å². The van der Waals surface area contributed by atoms with Gasteiger partial charge in [-0.25, -0.2) is 0 Å². The van der Waals surface area contributed by atoms with Crippen molar-refractivity contribution in [2.24, 2.45) is 0 Å². The average molecular weight is 313 g/mol. The monoisotopic (exact) mass is 313 g/mol. The summed E-state index contributed by atoms with van der Waals surface area (Å²) in [5, 5.41) is 17.9. The van der Waals surface area contributed by atoms with Crippen LogP contribution in [0.4, 0.5) is 0 Å². The molecule has 0 aromatic carbocycles. The lowest BCUT2D eigenvalue weighted by atomic mass is 10.2. The van der Waals surface area contributed by atoms with Crippen LogP contribution >= 0.6 is 11.8 Å². The van der Waals surface area contributed by atoms with Gasteiger partial charge in [-0.15, -0.1) is 10.2 Å². The van der Waals surface area contributed by atoms with Gasteiger partial charge in [0.1, 0.15) is 5.82 Å². The number of aromatic nitrogens is 3. The van der Waals surface area contributed by atoms with Crippen molar-refractivity contribution >= 4 is 17.7 Å². The Bertz CT molecular complexity index is 493. The Morgan fingerprint density at radius 2 is 2.14 bits per heavy atom. The van der Waals surface area contributed by atoms with Gasteiger partial charge in [-0.1, -0.05) is 18.7 Å². The first-order chi connectivity index (χ1) is 10.0. The van der Waals surface area contributed by atoms with Crippen LogP contribution in [0.25, 0.3) is 0 Å². The van der Waals surface area contributed by atoms with Crippen molar-refractivity contribution in [3.05, 3.63) is 5.82 Å². The largest absolute Gasteiger partial charge is 0.481 e. The molecule has 8 heteroatoms. The third-order valence-electron chi connectivity index (χ3n) is 3.81. The average Bonchev–Trinajstić information content (AvgIpc) is 2.82. The van der Waals surface area contributed by atoms with Crippen LogP contribution in [-0.4, -0.2) is 81.2 Å². The summed E-state index contributed by atoms with van der Waals surface area (Å²) >= 11 is 1.24. The topological polar surface area (TPSA) is 74.5 Å². The fourth-order valence-electron chi connectivity index (χ4n) is 2.51. The first-order valence-corrected chi connectivity index (χ1v) is 8.15. The lowest BCUT2D eigenvalue weighted by molar-refractivity contribution is -0.133. The van der Waals surface area contributed by atoms with Crippen LogP contribution < -0.4 is 0 Å². The number of rotatable bonds is 6. The highest BCUT2D eigenvalue weighted by Gasteiger charge is 2.25. The third-order valence-corrected chi connectivity index (χ3v) is 4.76. The number of likely N-dealkylation sites (N-methyl/N-ethyl adjacent to an activating group) is 2. The number of nitrogens with zero attached hydrogens (tertiary/aromatic N) is 5. The molecule has 0 bridgehead atoms. The minimum absolute atomic E-state index is 0.0161. The number of carboxylic acid groups (broad SMARTS) is 1. The predicted molar refractivity (Wildman–Crippen MR) is 81.7 cm³/mol. The molecule has 1 aromatic rings. The Kier molecular flexibility index (Phi) is 5.60. The lowest BCUT2D eigenvalue weighted by Crippen LogP contribution is -2.51. The Morgan fingerprint density at radius 3 is 2.81 bits per heavy atom. The molecular formula is C13H23N5O2S. The summed E-state index contributed by atoms with van der Waals surface area (Å²) < 4.78 is 2.08. The molecule has 1 atom stereocenters. The summed E-state index contributed by atoms with van der Waals surface area (Å²) in [6.45, 7) is 5.97. The molecule has 0 saturated carbocycles. The SMILES string of the molecule is CCc1nnc(SCC(=O)O)n1CC1CN(C)CCN1C. The van der Waals surface area contributed by atoms with Crippen molar-refractivity contribution in [2.45, 2.75) is 31.1 Å². The highest BCUT2D eigenvalue weighted by Crippen LogP contribution is 2.19. The first-order valence-electron chi connectivity index (χ1n) is 7.16. The van der Waals surface area contributed by atoms with Crippen molar-refractivity contribution in [3.63, 3.8) is 0 Å². The summed E-state index contributed by atoms with van der Waals surface area (Å²) in [7, 11) is 4.27. The normalized spacial score (nSPS) is 20.8. The van der Waals surface area contributed by atoms with Gasteiger partial charge in [0.05, 0.1) is 5.75 Å². The standard InChI is InChI=1S/C13H23N5O2S/c1-4-11-14-15-13(21-9-12(19)20)18(11)8-10-7-16(2)5-6-17(10)3/h10H,4-9H2,1-3H3,(H,19,20). The van der Waals surface area contributed by atoms with E-state index >= 15 is 0 Å². The summed E-state index contributed by atoms with van der Waals surface area (Å²) in [6.07, 6.45) is 0.799. The van der Waals surface area contributed by atoms with Crippen LogP contribution in [0.3, 0.4) is 0 Å². The molecule has 0 amide bonds. The zero-order chi connectivity index (χ0) is 15.4. The van der Waals surface area contributed by atoms with E-state index in [9.17, 15) is 4.79 Å². The maximum atomic E-state index is 10.8. The molecule has 1 aliphatic rings. The maximum Gasteiger partial charge on any atom is 0.313 e. The zero-order valence-electron chi connectivity index (χ0n) is 12.8. The molecule has 118 valence electrons. The number of piperazine rings is 1. The molecule has 1 aromatic heterocycles. The second kappa shape index (κ2) is 7.24. The molecule has 2 rings (SSSR count). The summed E-state index contributed by atoms with van der Waals surface area (Å²) in [6, 6.07) is 0.397. The van der Waals surface area contributed by atoms with E-state index in [-0.39, 0.29) is 5.75 Å². The number of carboxylic acids is 1. The highest BCUT2D eigenvalue weighted by atomic mass is 32.2. The van der Waals surface area contributed by atoms with Crippen LogP contribution in [0, 0.1) is 0 Å². The molecule has 0 aliphatic carbocycles. The zero-order valence-corrected chi connectivity index (χ0v) is 13.6. The second-order valence-corrected chi connectivity index (χ2v) is 6.38. The van der Waals surface area contributed by atoms with Crippen molar-refractivity contribution < 1.29 is 9.90 Å². The van der Waals surface area contributed by atoms with E-state index in [2.05, 4.69) is 38.7 Å². The Balaban J connectivity index is 2.12. The third kappa shape index (κ3) is 4.18. The highest BCUT2D eigenvalue weighted by molar-refractivity contribution is 7.99. The lowest BCUT2D eigenvalue weighted by Gasteiger charge is -2.38. The van der Waals surface area contributed by atoms with Crippen molar-refractivity contribution in [1.82, 2.24) is 24.6 Å². The molecule has 1 N–H and O–H groups in total. The smallest absolute Gasteiger partial charge is 0.313 e. The number of aliphatic carboxylic acids is 1. The molecule has 1 aliphatic heterocycles. The number of hydrogen-bond acceptors (Lipinski definition) is 6. The Hall–Kier alpha value is -1.12. The van der Waals surface area contributed by atoms with E-state index in [0.717, 1.165) is 38.4 Å². The van der Waals surface area contributed by atoms with Gasteiger partial charge in [0.2, 0.25) is 0 Å². The van der Waals surface area contributed by atoms with Crippen molar-refractivity contribution in [1.29, 1.82) is 0 Å². The van der Waals surface area contributed by atoms with Gasteiger partial charge in [-0.3, -0.25) is 9.69 Å². The van der Waals surface area contributed by atoms with E-state index in [0.29, 0.717) is 11.2 Å². The molecule has 21 heavy (non-hydrogen) atoms. The summed E-state index contributed by atoms with van der Waals surface area (Å²) in [5.41, 5.74) is 0. The van der Waals surface area contributed by atoms with Crippen LogP contribution in [0.5, 0.6) is 0 Å². The molecule has 7 nitrogen and oxygen atoms in total. The van der Waals surface area contributed by atoms with Crippen molar-refractivity contribution in [3.8, 4) is 0 Å². The summed E-state index contributed by atoms with van der Waals surface area (Å²) in [5.74, 6) is 0.106. The molecule has 0 radical (unpaired) electrons. The van der Waals surface area contributed by atoms with Gasteiger partial charge in [0.15, 0.2) is 5.16 Å². The number of carbonyl (C=O) groups is 1.